The molecule has 0 atom stereocenters. The van der Waals surface area contributed by atoms with Gasteiger partial charge in [-0.05, 0) is 30.7 Å². The number of unbranched alkanes of at least 4 members (excludes halogenated alkanes) is 9. The zero-order valence-electron chi connectivity index (χ0n) is 18.1. The summed E-state index contributed by atoms with van der Waals surface area (Å²) in [6, 6.07) is 6.50. The van der Waals surface area contributed by atoms with Gasteiger partial charge in [-0.2, -0.15) is 0 Å². The van der Waals surface area contributed by atoms with E-state index >= 15 is 0 Å². The second-order valence-electron chi connectivity index (χ2n) is 8.36. The molecule has 0 radical (unpaired) electrons. The van der Waals surface area contributed by atoms with E-state index < -0.39 is 0 Å². The first-order chi connectivity index (χ1) is 13.9. The monoisotopic (exact) mass is 386 g/mol. The number of para-hydroxylation sites is 1. The van der Waals surface area contributed by atoms with Crippen LogP contribution in [0.15, 0.2) is 24.3 Å². The summed E-state index contributed by atoms with van der Waals surface area (Å²) in [4.78, 5) is 0. The first kappa shape index (κ1) is 23.0. The number of ether oxygens (including phenoxy) is 1. The van der Waals surface area contributed by atoms with E-state index in [0.29, 0.717) is 5.92 Å². The molecular formula is C26H42O2. The molecule has 0 aliphatic heterocycles. The molecule has 2 heteroatoms. The number of hydrogen-bond donors (Lipinski definition) is 1. The Kier molecular flexibility index (Phi) is 12.1. The van der Waals surface area contributed by atoms with Crippen molar-refractivity contribution in [3.8, 4) is 5.75 Å². The van der Waals surface area contributed by atoms with Gasteiger partial charge in [-0.3, -0.25) is 0 Å². The third-order valence-electron chi connectivity index (χ3n) is 6.02. The third kappa shape index (κ3) is 8.39. The molecule has 1 fully saturated rings. The van der Waals surface area contributed by atoms with Crippen LogP contribution in [-0.4, -0.2) is 18.3 Å². The second kappa shape index (κ2) is 14.7. The molecular weight excluding hydrogens is 344 g/mol. The maximum Gasteiger partial charge on any atom is 0.129 e. The highest BCUT2D eigenvalue weighted by Gasteiger charge is 2.21. The maximum absolute atomic E-state index is 9.15. The summed E-state index contributed by atoms with van der Waals surface area (Å²) in [5.41, 5.74) is 2.50. The summed E-state index contributed by atoms with van der Waals surface area (Å²) < 4.78 is 6.32. The quantitative estimate of drug-likeness (QED) is 0.314. The Morgan fingerprint density at radius 1 is 0.929 bits per heavy atom. The SMILES string of the molecule is CCCCCCCCCCCCOc1c(/C=C/CO)cccc1C1CCCC1. The maximum atomic E-state index is 9.15. The minimum Gasteiger partial charge on any atom is -0.493 e. The lowest BCUT2D eigenvalue weighted by Gasteiger charge is -2.18. The van der Waals surface area contributed by atoms with Crippen molar-refractivity contribution in [2.24, 2.45) is 0 Å². The van der Waals surface area contributed by atoms with E-state index in [2.05, 4.69) is 25.1 Å². The van der Waals surface area contributed by atoms with Crippen molar-refractivity contribution in [2.75, 3.05) is 13.2 Å². The van der Waals surface area contributed by atoms with Crippen molar-refractivity contribution >= 4 is 6.08 Å². The molecule has 1 aliphatic carbocycles. The van der Waals surface area contributed by atoms with E-state index in [0.717, 1.165) is 24.3 Å². The van der Waals surface area contributed by atoms with Gasteiger partial charge in [-0.15, -0.1) is 0 Å². The highest BCUT2D eigenvalue weighted by Crippen LogP contribution is 2.40. The van der Waals surface area contributed by atoms with Crippen LogP contribution in [0.4, 0.5) is 0 Å². The van der Waals surface area contributed by atoms with Crippen molar-refractivity contribution in [3.63, 3.8) is 0 Å². The van der Waals surface area contributed by atoms with E-state index in [-0.39, 0.29) is 6.61 Å². The van der Waals surface area contributed by atoms with Gasteiger partial charge in [0.05, 0.1) is 13.2 Å². The lowest BCUT2D eigenvalue weighted by molar-refractivity contribution is 0.299. The Balaban J connectivity index is 1.73. The fraction of sp³-hybridized carbons (Fsp3) is 0.692. The molecule has 0 unspecified atom stereocenters. The molecule has 2 nitrogen and oxygen atoms in total. The minimum atomic E-state index is 0.0749. The minimum absolute atomic E-state index is 0.0749. The molecule has 1 aliphatic rings. The molecule has 1 N–H and O–H groups in total. The topological polar surface area (TPSA) is 29.5 Å². The highest BCUT2D eigenvalue weighted by atomic mass is 16.5. The number of aliphatic hydroxyl groups is 1. The first-order valence-corrected chi connectivity index (χ1v) is 11.9. The summed E-state index contributed by atoms with van der Waals surface area (Å²) >= 11 is 0. The number of benzene rings is 1. The number of rotatable bonds is 15. The standard InChI is InChI=1S/C26H42O2/c1-2-3-4-5-6-7-8-9-10-13-22-28-26-24(19-15-21-27)18-14-20-25(26)23-16-11-12-17-23/h14-15,18-20,23,27H,2-13,16-17,21-22H2,1H3/b19-15+. The Morgan fingerprint density at radius 2 is 1.57 bits per heavy atom. The van der Waals surface area contributed by atoms with Crippen LogP contribution in [0.2, 0.25) is 0 Å². The van der Waals surface area contributed by atoms with Gasteiger partial charge in [-0.25, -0.2) is 0 Å². The van der Waals surface area contributed by atoms with Crippen LogP contribution in [-0.2, 0) is 0 Å². The average molecular weight is 387 g/mol. The molecule has 1 saturated carbocycles. The summed E-state index contributed by atoms with van der Waals surface area (Å²) in [7, 11) is 0. The normalized spacial score (nSPS) is 14.9. The summed E-state index contributed by atoms with van der Waals surface area (Å²) in [5, 5.41) is 9.15. The lowest BCUT2D eigenvalue weighted by Crippen LogP contribution is -2.04. The van der Waals surface area contributed by atoms with E-state index in [1.54, 1.807) is 6.08 Å². The second-order valence-corrected chi connectivity index (χ2v) is 8.36. The van der Waals surface area contributed by atoms with Crippen LogP contribution in [0.5, 0.6) is 5.75 Å². The highest BCUT2D eigenvalue weighted by molar-refractivity contribution is 5.60. The first-order valence-electron chi connectivity index (χ1n) is 11.9. The van der Waals surface area contributed by atoms with Gasteiger partial charge >= 0.3 is 0 Å². The molecule has 0 bridgehead atoms. The molecule has 158 valence electrons. The van der Waals surface area contributed by atoms with Gasteiger partial charge in [0.25, 0.3) is 0 Å². The van der Waals surface area contributed by atoms with Crippen molar-refractivity contribution in [1.82, 2.24) is 0 Å². The lowest BCUT2D eigenvalue weighted by atomic mass is 9.94. The smallest absolute Gasteiger partial charge is 0.129 e. The van der Waals surface area contributed by atoms with Crippen LogP contribution >= 0.6 is 0 Å². The van der Waals surface area contributed by atoms with E-state index in [9.17, 15) is 0 Å². The van der Waals surface area contributed by atoms with Crippen LogP contribution in [0.3, 0.4) is 0 Å². The molecule has 28 heavy (non-hydrogen) atoms. The largest absolute Gasteiger partial charge is 0.493 e. The van der Waals surface area contributed by atoms with Gasteiger partial charge in [0.15, 0.2) is 0 Å². The van der Waals surface area contributed by atoms with Crippen molar-refractivity contribution in [2.45, 2.75) is 103 Å². The van der Waals surface area contributed by atoms with E-state index in [1.165, 1.54) is 89.0 Å². The molecule has 1 aromatic rings. The van der Waals surface area contributed by atoms with E-state index in [1.807, 2.05) is 6.08 Å². The Hall–Kier alpha value is -1.28. The number of hydrogen-bond acceptors (Lipinski definition) is 2. The fourth-order valence-electron chi connectivity index (χ4n) is 4.37. The van der Waals surface area contributed by atoms with Crippen molar-refractivity contribution in [3.05, 3.63) is 35.4 Å². The summed E-state index contributed by atoms with van der Waals surface area (Å²) in [6.45, 7) is 3.16. The Morgan fingerprint density at radius 3 is 2.21 bits per heavy atom. The third-order valence-corrected chi connectivity index (χ3v) is 6.02. The molecule has 2 rings (SSSR count). The van der Waals surface area contributed by atoms with Crippen molar-refractivity contribution in [1.29, 1.82) is 0 Å². The molecule has 0 heterocycles. The summed E-state index contributed by atoms with van der Waals surface area (Å²) in [5.74, 6) is 1.71. The Labute approximate surface area is 173 Å². The van der Waals surface area contributed by atoms with E-state index in [4.69, 9.17) is 9.84 Å². The molecule has 1 aromatic carbocycles. The van der Waals surface area contributed by atoms with Crippen LogP contribution in [0.1, 0.15) is 114 Å². The van der Waals surface area contributed by atoms with Gasteiger partial charge in [0.2, 0.25) is 0 Å². The zero-order valence-corrected chi connectivity index (χ0v) is 18.1. The molecule has 0 aromatic heterocycles. The average Bonchev–Trinajstić information content (AvgIpc) is 3.25. The number of aliphatic hydroxyl groups excluding tert-OH is 1. The summed E-state index contributed by atoms with van der Waals surface area (Å²) in [6.07, 6.45) is 22.5. The predicted molar refractivity (Wildman–Crippen MR) is 121 cm³/mol. The van der Waals surface area contributed by atoms with Crippen LogP contribution < -0.4 is 4.74 Å². The van der Waals surface area contributed by atoms with Gasteiger partial charge in [-0.1, -0.05) is 108 Å². The molecule has 0 spiro atoms. The van der Waals surface area contributed by atoms with Gasteiger partial charge in [0.1, 0.15) is 5.75 Å². The van der Waals surface area contributed by atoms with Gasteiger partial charge in [0, 0.05) is 5.56 Å². The molecule has 0 amide bonds. The fourth-order valence-corrected chi connectivity index (χ4v) is 4.37. The molecule has 0 saturated heterocycles. The van der Waals surface area contributed by atoms with Crippen molar-refractivity contribution < 1.29 is 9.84 Å². The predicted octanol–water partition coefficient (Wildman–Crippen LogP) is 7.65. The zero-order chi connectivity index (χ0) is 19.9. The Bertz CT molecular complexity index is 543. The van der Waals surface area contributed by atoms with Gasteiger partial charge < -0.3 is 9.84 Å². The van der Waals surface area contributed by atoms with Crippen LogP contribution in [0, 0.1) is 0 Å². The van der Waals surface area contributed by atoms with Crippen LogP contribution in [0.25, 0.3) is 6.08 Å².